The highest BCUT2D eigenvalue weighted by molar-refractivity contribution is 7.80. The van der Waals surface area contributed by atoms with Crippen LogP contribution in [0, 0.1) is 0 Å². The Labute approximate surface area is 158 Å². The van der Waals surface area contributed by atoms with E-state index in [1.165, 1.54) is 0 Å². The molecule has 5 heteroatoms. The van der Waals surface area contributed by atoms with Crippen molar-refractivity contribution >= 4 is 34.6 Å². The maximum atomic E-state index is 12.2. The van der Waals surface area contributed by atoms with Gasteiger partial charge < -0.3 is 16.0 Å². The summed E-state index contributed by atoms with van der Waals surface area (Å²) in [7, 11) is 0. The van der Waals surface area contributed by atoms with Crippen LogP contribution in [0.15, 0.2) is 84.9 Å². The zero-order valence-electron chi connectivity index (χ0n) is 14.1. The van der Waals surface area contributed by atoms with E-state index in [-0.39, 0.29) is 5.91 Å². The molecule has 0 aromatic heterocycles. The second-order valence-corrected chi connectivity index (χ2v) is 6.10. The van der Waals surface area contributed by atoms with Crippen LogP contribution in [0.25, 0.3) is 0 Å². The average Bonchev–Trinajstić information content (AvgIpc) is 2.68. The molecule has 0 bridgehead atoms. The van der Waals surface area contributed by atoms with Crippen molar-refractivity contribution in [1.29, 1.82) is 0 Å². The molecule has 130 valence electrons. The van der Waals surface area contributed by atoms with Crippen molar-refractivity contribution < 1.29 is 4.79 Å². The SMILES string of the molecule is O=C(NCc1ccccc1)c1ccc(NC(=S)Nc2ccccc2)cc1. The van der Waals surface area contributed by atoms with Crippen molar-refractivity contribution in [1.82, 2.24) is 5.32 Å². The molecule has 0 radical (unpaired) electrons. The third-order valence-electron chi connectivity index (χ3n) is 3.73. The molecule has 3 aromatic carbocycles. The average molecular weight is 361 g/mol. The minimum Gasteiger partial charge on any atom is -0.348 e. The van der Waals surface area contributed by atoms with Gasteiger partial charge in [0, 0.05) is 23.5 Å². The lowest BCUT2D eigenvalue weighted by atomic mass is 10.2. The summed E-state index contributed by atoms with van der Waals surface area (Å²) in [5.74, 6) is -0.106. The third-order valence-corrected chi connectivity index (χ3v) is 3.94. The van der Waals surface area contributed by atoms with Crippen molar-refractivity contribution in [3.05, 3.63) is 96.1 Å². The second-order valence-electron chi connectivity index (χ2n) is 5.69. The highest BCUT2D eigenvalue weighted by Gasteiger charge is 2.06. The molecule has 0 saturated carbocycles. The van der Waals surface area contributed by atoms with Gasteiger partial charge in [0.1, 0.15) is 0 Å². The zero-order chi connectivity index (χ0) is 18.2. The van der Waals surface area contributed by atoms with Crippen LogP contribution in [-0.4, -0.2) is 11.0 Å². The van der Waals surface area contributed by atoms with Gasteiger partial charge in [0.15, 0.2) is 5.11 Å². The molecule has 3 rings (SSSR count). The van der Waals surface area contributed by atoms with Gasteiger partial charge in [-0.25, -0.2) is 0 Å². The Kier molecular flexibility index (Phi) is 5.96. The van der Waals surface area contributed by atoms with E-state index in [4.69, 9.17) is 12.2 Å². The van der Waals surface area contributed by atoms with Crippen LogP contribution < -0.4 is 16.0 Å². The van der Waals surface area contributed by atoms with Gasteiger partial charge in [-0.3, -0.25) is 4.79 Å². The van der Waals surface area contributed by atoms with Crippen LogP contribution in [0.3, 0.4) is 0 Å². The van der Waals surface area contributed by atoms with Crippen molar-refractivity contribution in [3.8, 4) is 0 Å². The molecule has 0 atom stereocenters. The first-order valence-electron chi connectivity index (χ1n) is 8.26. The van der Waals surface area contributed by atoms with Gasteiger partial charge in [0.05, 0.1) is 0 Å². The van der Waals surface area contributed by atoms with E-state index in [1.807, 2.05) is 72.8 Å². The summed E-state index contributed by atoms with van der Waals surface area (Å²) in [6.45, 7) is 0.505. The van der Waals surface area contributed by atoms with E-state index in [0.717, 1.165) is 16.9 Å². The molecule has 0 fully saturated rings. The van der Waals surface area contributed by atoms with Gasteiger partial charge >= 0.3 is 0 Å². The van der Waals surface area contributed by atoms with Gasteiger partial charge in [-0.2, -0.15) is 0 Å². The fraction of sp³-hybridized carbons (Fsp3) is 0.0476. The second kappa shape index (κ2) is 8.78. The van der Waals surface area contributed by atoms with Crippen LogP contribution in [0.5, 0.6) is 0 Å². The number of amides is 1. The Morgan fingerprint density at radius 2 is 1.27 bits per heavy atom. The first-order chi connectivity index (χ1) is 12.7. The standard InChI is InChI=1S/C21H19N3OS/c25-20(22-15-16-7-3-1-4-8-16)17-11-13-19(14-12-17)24-21(26)23-18-9-5-2-6-10-18/h1-14H,15H2,(H,22,25)(H2,23,24,26). The number of anilines is 2. The highest BCUT2D eigenvalue weighted by atomic mass is 32.1. The Hall–Kier alpha value is -3.18. The smallest absolute Gasteiger partial charge is 0.251 e. The maximum Gasteiger partial charge on any atom is 0.251 e. The van der Waals surface area contributed by atoms with Gasteiger partial charge in [-0.15, -0.1) is 0 Å². The lowest BCUT2D eigenvalue weighted by Crippen LogP contribution is -2.23. The normalized spacial score (nSPS) is 10.0. The summed E-state index contributed by atoms with van der Waals surface area (Å²) in [6.07, 6.45) is 0. The van der Waals surface area contributed by atoms with E-state index < -0.39 is 0 Å². The molecule has 3 aromatic rings. The number of nitrogens with one attached hydrogen (secondary N) is 3. The molecular weight excluding hydrogens is 342 g/mol. The monoisotopic (exact) mass is 361 g/mol. The van der Waals surface area contributed by atoms with Crippen LogP contribution >= 0.6 is 12.2 Å². The predicted molar refractivity (Wildman–Crippen MR) is 110 cm³/mol. The van der Waals surface area contributed by atoms with Gasteiger partial charge in [-0.1, -0.05) is 48.5 Å². The lowest BCUT2D eigenvalue weighted by molar-refractivity contribution is 0.0951. The minimum absolute atomic E-state index is 0.106. The van der Waals surface area contributed by atoms with Crippen LogP contribution in [0.2, 0.25) is 0 Å². The molecule has 1 amide bonds. The number of rotatable bonds is 5. The number of thiocarbonyl (C=S) groups is 1. The number of hydrogen-bond acceptors (Lipinski definition) is 2. The number of hydrogen-bond donors (Lipinski definition) is 3. The highest BCUT2D eigenvalue weighted by Crippen LogP contribution is 2.12. The van der Waals surface area contributed by atoms with E-state index in [0.29, 0.717) is 17.2 Å². The maximum absolute atomic E-state index is 12.2. The fourth-order valence-corrected chi connectivity index (χ4v) is 2.64. The van der Waals surface area contributed by atoms with E-state index in [9.17, 15) is 4.79 Å². The molecule has 0 aliphatic carbocycles. The fourth-order valence-electron chi connectivity index (χ4n) is 2.40. The Morgan fingerprint density at radius 3 is 1.88 bits per heavy atom. The summed E-state index contributed by atoms with van der Waals surface area (Å²) in [5.41, 5.74) is 3.41. The molecule has 0 aliphatic rings. The molecule has 26 heavy (non-hydrogen) atoms. The molecular formula is C21H19N3OS. The lowest BCUT2D eigenvalue weighted by Gasteiger charge is -2.11. The molecule has 0 saturated heterocycles. The number of carbonyl (C=O) groups excluding carboxylic acids is 1. The number of benzene rings is 3. The van der Waals surface area contributed by atoms with Gasteiger partial charge in [-0.05, 0) is 54.2 Å². The molecule has 3 N–H and O–H groups in total. The Bertz CT molecular complexity index is 865. The molecule has 0 spiro atoms. The van der Waals surface area contributed by atoms with Crippen LogP contribution in [0.4, 0.5) is 11.4 Å². The Balaban J connectivity index is 1.52. The summed E-state index contributed by atoms with van der Waals surface area (Å²) in [5, 5.41) is 9.62. The largest absolute Gasteiger partial charge is 0.348 e. The summed E-state index contributed by atoms with van der Waals surface area (Å²) in [6, 6.07) is 26.7. The molecule has 4 nitrogen and oxygen atoms in total. The first kappa shape index (κ1) is 17.6. The zero-order valence-corrected chi connectivity index (χ0v) is 14.9. The first-order valence-corrected chi connectivity index (χ1v) is 8.67. The molecule has 0 heterocycles. The summed E-state index contributed by atoms with van der Waals surface area (Å²) < 4.78 is 0. The van der Waals surface area contributed by atoms with Crippen molar-refractivity contribution in [2.24, 2.45) is 0 Å². The number of para-hydroxylation sites is 1. The molecule has 0 aliphatic heterocycles. The summed E-state index contributed by atoms with van der Waals surface area (Å²) >= 11 is 5.30. The topological polar surface area (TPSA) is 53.2 Å². The predicted octanol–water partition coefficient (Wildman–Crippen LogP) is 4.43. The van der Waals surface area contributed by atoms with Crippen molar-refractivity contribution in [2.75, 3.05) is 10.6 Å². The van der Waals surface area contributed by atoms with Gasteiger partial charge in [0.2, 0.25) is 0 Å². The van der Waals surface area contributed by atoms with Crippen molar-refractivity contribution in [2.45, 2.75) is 6.54 Å². The van der Waals surface area contributed by atoms with Crippen LogP contribution in [-0.2, 0) is 6.54 Å². The Morgan fingerprint density at radius 1 is 0.731 bits per heavy atom. The van der Waals surface area contributed by atoms with Gasteiger partial charge in [0.25, 0.3) is 5.91 Å². The van der Waals surface area contributed by atoms with E-state index in [2.05, 4.69) is 16.0 Å². The van der Waals surface area contributed by atoms with E-state index >= 15 is 0 Å². The third kappa shape index (κ3) is 5.16. The van der Waals surface area contributed by atoms with E-state index in [1.54, 1.807) is 12.1 Å². The van der Waals surface area contributed by atoms with Crippen LogP contribution in [0.1, 0.15) is 15.9 Å². The number of carbonyl (C=O) groups is 1. The quantitative estimate of drug-likeness (QED) is 0.589. The summed E-state index contributed by atoms with van der Waals surface area (Å²) in [4.78, 5) is 12.2. The minimum atomic E-state index is -0.106. The molecule has 0 unspecified atom stereocenters. The van der Waals surface area contributed by atoms with Crippen molar-refractivity contribution in [3.63, 3.8) is 0 Å².